The summed E-state index contributed by atoms with van der Waals surface area (Å²) in [6, 6.07) is 60.6. The van der Waals surface area contributed by atoms with Gasteiger partial charge in [0.2, 0.25) is 5.71 Å². The average Bonchev–Trinajstić information content (AvgIpc) is 3.78. The van der Waals surface area contributed by atoms with Gasteiger partial charge < -0.3 is 8.98 Å². The molecule has 0 amide bonds. The second-order valence-electron chi connectivity index (χ2n) is 12.1. The minimum atomic E-state index is 0.874. The number of rotatable bonds is 4. The van der Waals surface area contributed by atoms with Gasteiger partial charge in [-0.3, -0.25) is 4.57 Å². The van der Waals surface area contributed by atoms with Crippen LogP contribution in [0.4, 0.5) is 0 Å². The molecule has 0 saturated carbocycles. The zero-order chi connectivity index (χ0) is 30.9. The molecule has 7 aromatic carbocycles. The Hall–Kier alpha value is -6.32. The standard InChI is InChI=1S/C44H28N2O/c1-2-15-32(16-3-1)45-41-24-11-7-20-36(41)43-37-26-25-30(28-42(37)47-44(43)45)29-13-12-14-31(27-29)33-17-4-8-21-38(33)46-39-22-9-5-18-34(39)35-19-6-10-23-40(35)46/h1-28H. The second-order valence-corrected chi connectivity index (χ2v) is 12.1. The molecule has 47 heavy (non-hydrogen) atoms. The number of furan rings is 1. The van der Waals surface area contributed by atoms with Crippen LogP contribution in [0.5, 0.6) is 0 Å². The first-order chi connectivity index (χ1) is 23.3. The lowest BCUT2D eigenvalue weighted by molar-refractivity contribution is 0.645. The zero-order valence-electron chi connectivity index (χ0n) is 25.5. The molecule has 0 bridgehead atoms. The minimum absolute atomic E-state index is 0.874. The van der Waals surface area contributed by atoms with Crippen LogP contribution in [0, 0.1) is 0 Å². The van der Waals surface area contributed by atoms with Crippen LogP contribution in [0.2, 0.25) is 0 Å². The maximum atomic E-state index is 6.71. The fourth-order valence-electron chi connectivity index (χ4n) is 7.46. The average molecular weight is 601 g/mol. The Kier molecular flexibility index (Phi) is 5.57. The number of hydrogen-bond donors (Lipinski definition) is 0. The summed E-state index contributed by atoms with van der Waals surface area (Å²) >= 11 is 0. The van der Waals surface area contributed by atoms with E-state index >= 15 is 0 Å². The molecule has 10 aromatic rings. The number of benzene rings is 7. The van der Waals surface area contributed by atoms with Crippen LogP contribution >= 0.6 is 0 Å². The number of nitrogens with zero attached hydrogens (tertiary/aromatic N) is 2. The Balaban J connectivity index is 1.13. The molecule has 0 N–H and O–H groups in total. The monoisotopic (exact) mass is 600 g/mol. The Morgan fingerprint density at radius 2 is 0.979 bits per heavy atom. The Morgan fingerprint density at radius 3 is 1.74 bits per heavy atom. The molecule has 0 unspecified atom stereocenters. The molecular formula is C44H28N2O. The van der Waals surface area contributed by atoms with E-state index in [0.717, 1.165) is 44.4 Å². The third-order valence-corrected chi connectivity index (χ3v) is 9.54. The Morgan fingerprint density at radius 1 is 0.383 bits per heavy atom. The zero-order valence-corrected chi connectivity index (χ0v) is 25.5. The van der Waals surface area contributed by atoms with Gasteiger partial charge in [-0.1, -0.05) is 115 Å². The smallest absolute Gasteiger partial charge is 0.213 e. The van der Waals surface area contributed by atoms with Crippen molar-refractivity contribution in [3.8, 4) is 33.6 Å². The molecule has 0 fully saturated rings. The van der Waals surface area contributed by atoms with Gasteiger partial charge in [-0.25, -0.2) is 0 Å². The Bertz CT molecular complexity index is 2740. The van der Waals surface area contributed by atoms with E-state index in [-0.39, 0.29) is 0 Å². The quantitative estimate of drug-likeness (QED) is 0.197. The van der Waals surface area contributed by atoms with Gasteiger partial charge in [0.25, 0.3) is 0 Å². The third-order valence-electron chi connectivity index (χ3n) is 9.54. The van der Waals surface area contributed by atoms with Crippen molar-refractivity contribution in [3.63, 3.8) is 0 Å². The molecule has 3 aromatic heterocycles. The summed E-state index contributed by atoms with van der Waals surface area (Å²) in [5.41, 5.74) is 12.2. The molecule has 0 radical (unpaired) electrons. The summed E-state index contributed by atoms with van der Waals surface area (Å²) in [6.45, 7) is 0. The molecule has 0 aliphatic heterocycles. The van der Waals surface area contributed by atoms with Gasteiger partial charge in [0.1, 0.15) is 5.58 Å². The van der Waals surface area contributed by atoms with Crippen LogP contribution in [-0.4, -0.2) is 9.13 Å². The maximum Gasteiger partial charge on any atom is 0.213 e. The molecule has 3 heterocycles. The molecule has 10 rings (SSSR count). The van der Waals surface area contributed by atoms with Crippen molar-refractivity contribution in [1.29, 1.82) is 0 Å². The van der Waals surface area contributed by atoms with Crippen molar-refractivity contribution < 1.29 is 4.42 Å². The van der Waals surface area contributed by atoms with Gasteiger partial charge in [0.15, 0.2) is 0 Å². The minimum Gasteiger partial charge on any atom is -0.439 e. The topological polar surface area (TPSA) is 23.0 Å². The van der Waals surface area contributed by atoms with Crippen molar-refractivity contribution >= 4 is 54.8 Å². The highest BCUT2D eigenvalue weighted by Crippen LogP contribution is 2.41. The first-order valence-electron chi connectivity index (χ1n) is 16.0. The number of aromatic nitrogens is 2. The third kappa shape index (κ3) is 3.87. The highest BCUT2D eigenvalue weighted by atomic mass is 16.3. The highest BCUT2D eigenvalue weighted by Gasteiger charge is 2.20. The maximum absolute atomic E-state index is 6.71. The number of hydrogen-bond acceptors (Lipinski definition) is 1. The number of fused-ring (bicyclic) bond motifs is 8. The van der Waals surface area contributed by atoms with Gasteiger partial charge in [0.05, 0.1) is 27.6 Å². The van der Waals surface area contributed by atoms with Crippen LogP contribution in [0.1, 0.15) is 0 Å². The van der Waals surface area contributed by atoms with Crippen molar-refractivity contribution in [2.75, 3.05) is 0 Å². The molecule has 0 aliphatic rings. The predicted octanol–water partition coefficient (Wildman–Crippen LogP) is 12.0. The summed E-state index contributed by atoms with van der Waals surface area (Å²) < 4.78 is 11.3. The molecule has 3 nitrogen and oxygen atoms in total. The van der Waals surface area contributed by atoms with Gasteiger partial charge in [-0.15, -0.1) is 0 Å². The van der Waals surface area contributed by atoms with Crippen molar-refractivity contribution in [2.24, 2.45) is 0 Å². The van der Waals surface area contributed by atoms with Gasteiger partial charge >= 0.3 is 0 Å². The molecule has 0 spiro atoms. The molecular weight excluding hydrogens is 572 g/mol. The highest BCUT2D eigenvalue weighted by molar-refractivity contribution is 6.20. The largest absolute Gasteiger partial charge is 0.439 e. The number of para-hydroxylation sites is 5. The van der Waals surface area contributed by atoms with Crippen LogP contribution < -0.4 is 0 Å². The lowest BCUT2D eigenvalue weighted by Crippen LogP contribution is -1.97. The lowest BCUT2D eigenvalue weighted by Gasteiger charge is -2.15. The SMILES string of the molecule is c1ccc(-n2c3ccccc3c3c4ccc(-c5cccc(-c6ccccc6-n6c7ccccc7c7ccccc76)c5)cc4oc32)cc1. The second kappa shape index (κ2) is 10.1. The predicted molar refractivity (Wildman–Crippen MR) is 196 cm³/mol. The molecule has 0 aliphatic carbocycles. The van der Waals surface area contributed by atoms with E-state index in [1.807, 2.05) is 6.07 Å². The molecule has 0 saturated heterocycles. The van der Waals surface area contributed by atoms with E-state index in [4.69, 9.17) is 4.42 Å². The van der Waals surface area contributed by atoms with E-state index in [0.29, 0.717) is 0 Å². The van der Waals surface area contributed by atoms with E-state index in [1.54, 1.807) is 0 Å². The van der Waals surface area contributed by atoms with Crippen LogP contribution in [0.25, 0.3) is 88.4 Å². The van der Waals surface area contributed by atoms with Crippen molar-refractivity contribution in [1.82, 2.24) is 9.13 Å². The van der Waals surface area contributed by atoms with Crippen LogP contribution in [0.15, 0.2) is 174 Å². The fraction of sp³-hybridized carbons (Fsp3) is 0. The van der Waals surface area contributed by atoms with E-state index in [9.17, 15) is 0 Å². The summed E-state index contributed by atoms with van der Waals surface area (Å²) in [5, 5.41) is 6.00. The normalized spacial score (nSPS) is 11.8. The van der Waals surface area contributed by atoms with E-state index in [1.165, 1.54) is 44.0 Å². The van der Waals surface area contributed by atoms with Crippen LogP contribution in [0.3, 0.4) is 0 Å². The molecule has 3 heteroatoms. The van der Waals surface area contributed by atoms with Crippen LogP contribution in [-0.2, 0) is 0 Å². The fourth-order valence-corrected chi connectivity index (χ4v) is 7.46. The Labute approximate surface area is 271 Å². The first-order valence-corrected chi connectivity index (χ1v) is 16.0. The lowest BCUT2D eigenvalue weighted by atomic mass is 9.97. The van der Waals surface area contributed by atoms with Gasteiger partial charge in [-0.05, 0) is 71.3 Å². The van der Waals surface area contributed by atoms with E-state index in [2.05, 4.69) is 173 Å². The van der Waals surface area contributed by atoms with Crippen molar-refractivity contribution in [3.05, 3.63) is 170 Å². The molecule has 0 atom stereocenters. The first kappa shape index (κ1) is 26.0. The van der Waals surface area contributed by atoms with E-state index < -0.39 is 0 Å². The summed E-state index contributed by atoms with van der Waals surface area (Å²) in [5.74, 6) is 0. The van der Waals surface area contributed by atoms with Gasteiger partial charge in [-0.2, -0.15) is 0 Å². The summed E-state index contributed by atoms with van der Waals surface area (Å²) in [4.78, 5) is 0. The summed E-state index contributed by atoms with van der Waals surface area (Å²) in [6.07, 6.45) is 0. The van der Waals surface area contributed by atoms with Crippen molar-refractivity contribution in [2.45, 2.75) is 0 Å². The summed E-state index contributed by atoms with van der Waals surface area (Å²) in [7, 11) is 0. The van der Waals surface area contributed by atoms with Gasteiger partial charge in [0, 0.05) is 32.8 Å². The molecule has 220 valence electrons.